The molecule has 3 aromatic rings. The Balaban J connectivity index is 1.20. The number of rotatable bonds is 14. The van der Waals surface area contributed by atoms with Crippen LogP contribution in [-0.2, 0) is 18.4 Å². The molecule has 3 fully saturated rings. The molecule has 3 saturated carbocycles. The SMILES string of the molecule is CCC1(N(CCO)C(=O)c2ccccc2CCC(O)Cc2ccccc2C(=O)N(C2CC2O)C2(c3ccccc3)CCCC2)CCCC1. The molecule has 3 N–H and O–H groups in total. The molecule has 0 aliphatic heterocycles. The molecule has 3 aliphatic carbocycles. The highest BCUT2D eigenvalue weighted by molar-refractivity contribution is 5.97. The zero-order chi connectivity index (χ0) is 33.7. The van der Waals surface area contributed by atoms with Crippen LogP contribution < -0.4 is 0 Å². The standard InChI is InChI=1S/C41H52N2O5/c1-2-40(22-10-11-23-40)42(26-27-44)38(47)34-18-8-6-14-30(34)20-21-33(45)28-31-15-7-9-19-35(31)39(48)43(36-29-37(36)46)41(24-12-13-25-41)32-16-4-3-5-17-32/h3-9,14-19,33,36-37,44-46H,2,10-13,20-29H2,1H3. The number of hydrogen-bond donors (Lipinski definition) is 3. The predicted octanol–water partition coefficient (Wildman–Crippen LogP) is 6.43. The van der Waals surface area contributed by atoms with Gasteiger partial charge in [-0.05, 0) is 86.6 Å². The maximum Gasteiger partial charge on any atom is 0.255 e. The molecule has 7 nitrogen and oxygen atoms in total. The van der Waals surface area contributed by atoms with Gasteiger partial charge in [-0.25, -0.2) is 0 Å². The summed E-state index contributed by atoms with van der Waals surface area (Å²) in [6, 6.07) is 25.3. The number of aliphatic hydroxyl groups is 3. The van der Waals surface area contributed by atoms with E-state index in [2.05, 4.69) is 19.1 Å². The Labute approximate surface area is 285 Å². The third-order valence-electron chi connectivity index (χ3n) is 11.5. The summed E-state index contributed by atoms with van der Waals surface area (Å²) < 4.78 is 0. The van der Waals surface area contributed by atoms with Crippen LogP contribution in [0.1, 0.15) is 115 Å². The molecule has 2 amide bonds. The lowest BCUT2D eigenvalue weighted by molar-refractivity contribution is 0.0367. The Morgan fingerprint density at radius 2 is 1.38 bits per heavy atom. The number of aryl methyl sites for hydroxylation is 1. The molecular formula is C41H52N2O5. The maximum atomic E-state index is 14.6. The van der Waals surface area contributed by atoms with Crippen LogP contribution in [0.5, 0.6) is 0 Å². The predicted molar refractivity (Wildman–Crippen MR) is 188 cm³/mol. The first-order valence-electron chi connectivity index (χ1n) is 18.2. The molecule has 0 saturated heterocycles. The van der Waals surface area contributed by atoms with Crippen molar-refractivity contribution in [3.8, 4) is 0 Å². The van der Waals surface area contributed by atoms with E-state index in [0.717, 1.165) is 74.5 Å². The average molecular weight is 653 g/mol. The van der Waals surface area contributed by atoms with Gasteiger partial charge in [0, 0.05) is 23.2 Å². The van der Waals surface area contributed by atoms with Crippen molar-refractivity contribution >= 4 is 11.8 Å². The van der Waals surface area contributed by atoms with Gasteiger partial charge in [0.25, 0.3) is 11.8 Å². The second kappa shape index (κ2) is 14.9. The number of carbonyl (C=O) groups excluding carboxylic acids is 2. The fourth-order valence-corrected chi connectivity index (χ4v) is 8.79. The van der Waals surface area contributed by atoms with Gasteiger partial charge in [0.15, 0.2) is 0 Å². The first-order valence-corrected chi connectivity index (χ1v) is 18.2. The number of benzene rings is 3. The number of nitrogens with zero attached hydrogens (tertiary/aromatic N) is 2. The molecule has 0 spiro atoms. The number of amides is 2. The highest BCUT2D eigenvalue weighted by Gasteiger charge is 2.54. The minimum Gasteiger partial charge on any atom is -0.395 e. The Hall–Kier alpha value is -3.52. The number of hydrogen-bond acceptors (Lipinski definition) is 5. The average Bonchev–Trinajstić information content (AvgIpc) is 3.46. The van der Waals surface area contributed by atoms with Crippen LogP contribution in [0.2, 0.25) is 0 Å². The van der Waals surface area contributed by atoms with Gasteiger partial charge < -0.3 is 25.1 Å². The van der Waals surface area contributed by atoms with Crippen LogP contribution in [0.15, 0.2) is 78.9 Å². The van der Waals surface area contributed by atoms with Crippen LogP contribution in [-0.4, -0.2) is 73.9 Å². The molecule has 0 heterocycles. The molecule has 6 rings (SSSR count). The lowest BCUT2D eigenvalue weighted by atomic mass is 9.84. The number of carbonyl (C=O) groups is 2. The summed E-state index contributed by atoms with van der Waals surface area (Å²) in [7, 11) is 0. The summed E-state index contributed by atoms with van der Waals surface area (Å²) in [4.78, 5) is 32.5. The Bertz CT molecular complexity index is 1550. The molecule has 3 aromatic carbocycles. The lowest BCUT2D eigenvalue weighted by Gasteiger charge is -2.43. The van der Waals surface area contributed by atoms with Crippen molar-refractivity contribution in [1.29, 1.82) is 0 Å². The van der Waals surface area contributed by atoms with E-state index in [4.69, 9.17) is 0 Å². The van der Waals surface area contributed by atoms with Crippen molar-refractivity contribution in [1.82, 2.24) is 9.80 Å². The summed E-state index contributed by atoms with van der Waals surface area (Å²) in [5, 5.41) is 31.9. The second-order valence-electron chi connectivity index (χ2n) is 14.3. The Morgan fingerprint density at radius 1 is 0.812 bits per heavy atom. The summed E-state index contributed by atoms with van der Waals surface area (Å²) in [6.45, 7) is 2.38. The zero-order valence-corrected chi connectivity index (χ0v) is 28.4. The monoisotopic (exact) mass is 652 g/mol. The quantitative estimate of drug-likeness (QED) is 0.187. The Morgan fingerprint density at radius 3 is 1.98 bits per heavy atom. The minimum atomic E-state index is -0.720. The Kier molecular flexibility index (Phi) is 10.7. The van der Waals surface area contributed by atoms with E-state index in [1.54, 1.807) is 0 Å². The molecule has 3 aliphatic rings. The molecule has 48 heavy (non-hydrogen) atoms. The lowest BCUT2D eigenvalue weighted by Crippen LogP contribution is -2.51. The first-order chi connectivity index (χ1) is 23.3. The third kappa shape index (κ3) is 6.83. The second-order valence-corrected chi connectivity index (χ2v) is 14.3. The molecule has 0 radical (unpaired) electrons. The van der Waals surface area contributed by atoms with Crippen molar-refractivity contribution in [2.45, 2.75) is 120 Å². The van der Waals surface area contributed by atoms with Gasteiger partial charge in [-0.15, -0.1) is 0 Å². The summed E-state index contributed by atoms with van der Waals surface area (Å²) >= 11 is 0. The molecule has 7 heteroatoms. The highest BCUT2D eigenvalue weighted by Crippen LogP contribution is 2.49. The van der Waals surface area contributed by atoms with Crippen molar-refractivity contribution < 1.29 is 24.9 Å². The van der Waals surface area contributed by atoms with Gasteiger partial charge in [-0.1, -0.05) is 99.3 Å². The topological polar surface area (TPSA) is 101 Å². The maximum absolute atomic E-state index is 14.6. The minimum absolute atomic E-state index is 0.0459. The van der Waals surface area contributed by atoms with Crippen LogP contribution in [0.3, 0.4) is 0 Å². The van der Waals surface area contributed by atoms with Crippen molar-refractivity contribution in [3.63, 3.8) is 0 Å². The van der Waals surface area contributed by atoms with Crippen molar-refractivity contribution in [2.75, 3.05) is 13.2 Å². The summed E-state index contributed by atoms with van der Waals surface area (Å²) in [5.41, 5.74) is 3.34. The number of aliphatic hydroxyl groups excluding tert-OH is 3. The van der Waals surface area contributed by atoms with E-state index in [9.17, 15) is 24.9 Å². The van der Waals surface area contributed by atoms with Crippen LogP contribution >= 0.6 is 0 Å². The first kappa shape index (κ1) is 34.3. The van der Waals surface area contributed by atoms with Gasteiger partial charge in [-0.3, -0.25) is 9.59 Å². The zero-order valence-electron chi connectivity index (χ0n) is 28.4. The van der Waals surface area contributed by atoms with E-state index < -0.39 is 17.7 Å². The van der Waals surface area contributed by atoms with Gasteiger partial charge >= 0.3 is 0 Å². The van der Waals surface area contributed by atoms with E-state index in [-0.39, 0.29) is 30.0 Å². The molecule has 3 unspecified atom stereocenters. The fraction of sp³-hybridized carbons (Fsp3) is 0.512. The van der Waals surface area contributed by atoms with E-state index >= 15 is 0 Å². The van der Waals surface area contributed by atoms with Crippen molar-refractivity contribution in [3.05, 3.63) is 107 Å². The number of β-amino-alcohol motifs (C(OH)–C–C–N with tert-alkyl or cyclic N) is 1. The van der Waals surface area contributed by atoms with Crippen molar-refractivity contribution in [2.24, 2.45) is 0 Å². The van der Waals surface area contributed by atoms with Gasteiger partial charge in [0.2, 0.25) is 0 Å². The summed E-state index contributed by atoms with van der Waals surface area (Å²) in [6.07, 6.45) is 9.35. The molecular weight excluding hydrogens is 600 g/mol. The molecule has 0 bridgehead atoms. The van der Waals surface area contributed by atoms with E-state index in [1.807, 2.05) is 76.5 Å². The molecule has 3 atom stereocenters. The summed E-state index contributed by atoms with van der Waals surface area (Å²) in [5.74, 6) is -0.128. The normalized spacial score (nSPS) is 21.5. The largest absolute Gasteiger partial charge is 0.395 e. The fourth-order valence-electron chi connectivity index (χ4n) is 8.79. The van der Waals surface area contributed by atoms with Crippen LogP contribution in [0.4, 0.5) is 0 Å². The highest BCUT2D eigenvalue weighted by atomic mass is 16.3. The molecule has 256 valence electrons. The molecule has 0 aromatic heterocycles. The van der Waals surface area contributed by atoms with Gasteiger partial charge in [-0.2, -0.15) is 0 Å². The third-order valence-corrected chi connectivity index (χ3v) is 11.5. The van der Waals surface area contributed by atoms with E-state index in [0.29, 0.717) is 43.4 Å². The van der Waals surface area contributed by atoms with E-state index in [1.165, 1.54) is 0 Å². The van der Waals surface area contributed by atoms with Crippen LogP contribution in [0, 0.1) is 0 Å². The van der Waals surface area contributed by atoms with Crippen LogP contribution in [0.25, 0.3) is 0 Å². The van der Waals surface area contributed by atoms with Gasteiger partial charge in [0.1, 0.15) is 0 Å². The smallest absolute Gasteiger partial charge is 0.255 e. The van der Waals surface area contributed by atoms with Gasteiger partial charge in [0.05, 0.1) is 30.4 Å².